The van der Waals surface area contributed by atoms with Crippen LogP contribution in [0.4, 0.5) is 5.69 Å². The molecule has 0 bridgehead atoms. The number of likely N-dealkylation sites (N-methyl/N-ethyl adjacent to an activating group) is 1. The zero-order valence-electron chi connectivity index (χ0n) is 15.7. The lowest BCUT2D eigenvalue weighted by Gasteiger charge is -2.31. The SMILES string of the molecule is C.COc1ccc2cc(C3=CCN(C)C(C)=N3)cc(N3CCOCC3)c2c1. The molecule has 2 aliphatic heterocycles. The molecule has 0 radical (unpaired) electrons. The molecule has 1 saturated heterocycles. The first-order valence-corrected chi connectivity index (χ1v) is 9.07. The van der Waals surface area contributed by atoms with Gasteiger partial charge in [0.25, 0.3) is 0 Å². The third kappa shape index (κ3) is 3.78. The molecule has 2 heterocycles. The number of fused-ring (bicyclic) bond motifs is 1. The van der Waals surface area contributed by atoms with Crippen molar-refractivity contribution in [3.63, 3.8) is 0 Å². The molecule has 0 aromatic heterocycles. The van der Waals surface area contributed by atoms with E-state index in [-0.39, 0.29) is 7.43 Å². The molecular weight excluding hydrogens is 338 g/mol. The first-order chi connectivity index (χ1) is 12.7. The topological polar surface area (TPSA) is 37.3 Å². The molecule has 2 aromatic rings. The van der Waals surface area contributed by atoms with Crippen LogP contribution in [-0.2, 0) is 4.74 Å². The van der Waals surface area contributed by atoms with Gasteiger partial charge >= 0.3 is 0 Å². The van der Waals surface area contributed by atoms with E-state index in [4.69, 9.17) is 14.5 Å². The third-order valence-electron chi connectivity index (χ3n) is 5.18. The quantitative estimate of drug-likeness (QED) is 0.821. The Kier molecular flexibility index (Phi) is 5.71. The van der Waals surface area contributed by atoms with Crippen molar-refractivity contribution in [2.24, 2.45) is 4.99 Å². The zero-order valence-corrected chi connectivity index (χ0v) is 15.7. The molecular formula is C22H29N3O2. The Hall–Kier alpha value is -2.53. The average molecular weight is 367 g/mol. The van der Waals surface area contributed by atoms with Gasteiger partial charge < -0.3 is 19.3 Å². The van der Waals surface area contributed by atoms with E-state index in [9.17, 15) is 0 Å². The van der Waals surface area contributed by atoms with Gasteiger partial charge in [0.05, 0.1) is 26.0 Å². The standard InChI is InChI=1S/C21H25N3O2.CH4/c1-15-22-20(6-7-23(15)2)17-12-16-4-5-18(25-3)14-19(16)21(13-17)24-8-10-26-11-9-24;/h4-6,12-14H,7-11H2,1-3H3;1H4. The van der Waals surface area contributed by atoms with E-state index in [1.807, 2.05) is 6.07 Å². The number of benzene rings is 2. The van der Waals surface area contributed by atoms with Gasteiger partial charge in [0.15, 0.2) is 0 Å². The highest BCUT2D eigenvalue weighted by molar-refractivity contribution is 5.99. The van der Waals surface area contributed by atoms with Gasteiger partial charge in [0.2, 0.25) is 0 Å². The molecule has 0 spiro atoms. The number of aliphatic imine (C=N–C) groups is 1. The maximum Gasteiger partial charge on any atom is 0.119 e. The first kappa shape index (κ1) is 19.2. The van der Waals surface area contributed by atoms with Crippen LogP contribution in [0.3, 0.4) is 0 Å². The van der Waals surface area contributed by atoms with Gasteiger partial charge in [-0.25, -0.2) is 4.99 Å². The largest absolute Gasteiger partial charge is 0.497 e. The van der Waals surface area contributed by atoms with E-state index in [1.165, 1.54) is 16.5 Å². The van der Waals surface area contributed by atoms with Gasteiger partial charge in [0, 0.05) is 43.3 Å². The van der Waals surface area contributed by atoms with Crippen LogP contribution in [-0.4, -0.2) is 57.7 Å². The Labute approximate surface area is 161 Å². The molecule has 0 unspecified atom stereocenters. The summed E-state index contributed by atoms with van der Waals surface area (Å²) in [6.07, 6.45) is 2.20. The van der Waals surface area contributed by atoms with E-state index in [2.05, 4.69) is 54.1 Å². The van der Waals surface area contributed by atoms with Crippen molar-refractivity contribution < 1.29 is 9.47 Å². The highest BCUT2D eigenvalue weighted by atomic mass is 16.5. The van der Waals surface area contributed by atoms with Crippen LogP contribution >= 0.6 is 0 Å². The lowest BCUT2D eigenvalue weighted by atomic mass is 10.0. The lowest BCUT2D eigenvalue weighted by Crippen LogP contribution is -2.36. The van der Waals surface area contributed by atoms with Crippen LogP contribution < -0.4 is 9.64 Å². The summed E-state index contributed by atoms with van der Waals surface area (Å²) in [6.45, 7) is 6.28. The maximum absolute atomic E-state index is 5.55. The summed E-state index contributed by atoms with van der Waals surface area (Å²) in [6, 6.07) is 10.8. The molecule has 1 fully saturated rings. The minimum atomic E-state index is 0. The number of hydrogen-bond donors (Lipinski definition) is 0. The summed E-state index contributed by atoms with van der Waals surface area (Å²) < 4.78 is 11.0. The molecule has 2 aliphatic rings. The highest BCUT2D eigenvalue weighted by Gasteiger charge is 2.18. The van der Waals surface area contributed by atoms with Gasteiger partial charge in [-0.1, -0.05) is 13.5 Å². The fourth-order valence-corrected chi connectivity index (χ4v) is 3.50. The summed E-state index contributed by atoms with van der Waals surface area (Å²) >= 11 is 0. The molecule has 0 saturated carbocycles. The average Bonchev–Trinajstić information content (AvgIpc) is 2.69. The fourth-order valence-electron chi connectivity index (χ4n) is 3.50. The molecule has 2 aromatic carbocycles. The van der Waals surface area contributed by atoms with Crippen LogP contribution in [0.25, 0.3) is 16.5 Å². The van der Waals surface area contributed by atoms with Crippen molar-refractivity contribution in [1.29, 1.82) is 0 Å². The second-order valence-electron chi connectivity index (χ2n) is 6.81. The van der Waals surface area contributed by atoms with Gasteiger partial charge in [-0.15, -0.1) is 0 Å². The highest BCUT2D eigenvalue weighted by Crippen LogP contribution is 2.35. The summed E-state index contributed by atoms with van der Waals surface area (Å²) in [7, 11) is 3.78. The summed E-state index contributed by atoms with van der Waals surface area (Å²) in [4.78, 5) is 9.35. The van der Waals surface area contributed by atoms with E-state index >= 15 is 0 Å². The molecule has 0 aliphatic carbocycles. The Morgan fingerprint density at radius 2 is 1.89 bits per heavy atom. The van der Waals surface area contributed by atoms with E-state index in [0.717, 1.165) is 55.7 Å². The zero-order chi connectivity index (χ0) is 18.1. The van der Waals surface area contributed by atoms with Crippen LogP contribution in [0, 0.1) is 0 Å². The van der Waals surface area contributed by atoms with Crippen molar-refractivity contribution in [2.45, 2.75) is 14.4 Å². The summed E-state index contributed by atoms with van der Waals surface area (Å²) in [5.41, 5.74) is 3.44. The van der Waals surface area contributed by atoms with E-state index < -0.39 is 0 Å². The van der Waals surface area contributed by atoms with Crippen molar-refractivity contribution >= 4 is 28.0 Å². The second kappa shape index (κ2) is 8.01. The van der Waals surface area contributed by atoms with Gasteiger partial charge in [-0.3, -0.25) is 0 Å². The predicted molar refractivity (Wildman–Crippen MR) is 114 cm³/mol. The molecule has 5 nitrogen and oxygen atoms in total. The minimum absolute atomic E-state index is 0. The number of hydrogen-bond acceptors (Lipinski definition) is 5. The van der Waals surface area contributed by atoms with Crippen LogP contribution in [0.2, 0.25) is 0 Å². The normalized spacial score (nSPS) is 17.3. The van der Waals surface area contributed by atoms with Crippen LogP contribution in [0.1, 0.15) is 19.9 Å². The van der Waals surface area contributed by atoms with E-state index in [0.29, 0.717) is 0 Å². The van der Waals surface area contributed by atoms with E-state index in [1.54, 1.807) is 7.11 Å². The molecule has 0 N–H and O–H groups in total. The number of ether oxygens (including phenoxy) is 2. The Bertz CT molecular complexity index is 883. The molecule has 5 heteroatoms. The first-order valence-electron chi connectivity index (χ1n) is 9.07. The molecule has 0 atom stereocenters. The van der Waals surface area contributed by atoms with Crippen molar-refractivity contribution in [1.82, 2.24) is 4.90 Å². The number of rotatable bonds is 3. The lowest BCUT2D eigenvalue weighted by molar-refractivity contribution is 0.123. The summed E-state index contributed by atoms with van der Waals surface area (Å²) in [5.74, 6) is 1.93. The number of nitrogens with zero attached hydrogens (tertiary/aromatic N) is 3. The van der Waals surface area contributed by atoms with Crippen LogP contribution in [0.15, 0.2) is 41.4 Å². The van der Waals surface area contributed by atoms with Crippen LogP contribution in [0.5, 0.6) is 5.75 Å². The Morgan fingerprint density at radius 3 is 2.59 bits per heavy atom. The number of methoxy groups -OCH3 is 1. The number of anilines is 1. The number of amidine groups is 1. The van der Waals surface area contributed by atoms with Gasteiger partial charge in [-0.2, -0.15) is 0 Å². The fraction of sp³-hybridized carbons (Fsp3) is 0.409. The molecule has 4 rings (SSSR count). The molecule has 27 heavy (non-hydrogen) atoms. The number of morpholine rings is 1. The predicted octanol–water partition coefficient (Wildman–Crippen LogP) is 4.03. The third-order valence-corrected chi connectivity index (χ3v) is 5.18. The van der Waals surface area contributed by atoms with Gasteiger partial charge in [0.1, 0.15) is 11.6 Å². The van der Waals surface area contributed by atoms with Crippen molar-refractivity contribution in [3.05, 3.63) is 42.0 Å². The van der Waals surface area contributed by atoms with Crippen molar-refractivity contribution in [3.8, 4) is 5.75 Å². The smallest absolute Gasteiger partial charge is 0.119 e. The maximum atomic E-state index is 5.55. The second-order valence-corrected chi connectivity index (χ2v) is 6.81. The molecule has 144 valence electrons. The minimum Gasteiger partial charge on any atom is -0.497 e. The Morgan fingerprint density at radius 1 is 1.11 bits per heavy atom. The summed E-state index contributed by atoms with van der Waals surface area (Å²) in [5, 5.41) is 2.42. The monoisotopic (exact) mass is 367 g/mol. The Balaban J connectivity index is 0.00000210. The van der Waals surface area contributed by atoms with Crippen molar-refractivity contribution in [2.75, 3.05) is 51.9 Å². The van der Waals surface area contributed by atoms with Gasteiger partial charge in [-0.05, 0) is 42.7 Å². The molecule has 0 amide bonds.